The second kappa shape index (κ2) is 58.2. The van der Waals surface area contributed by atoms with Crippen molar-refractivity contribution in [3.8, 4) is 0 Å². The van der Waals surface area contributed by atoms with Crippen molar-refractivity contribution in [1.82, 2.24) is 12.3 Å². The molecule has 2 nitrogen and oxygen atoms in total. The van der Waals surface area contributed by atoms with Gasteiger partial charge in [0.15, 0.2) is 0 Å². The first-order valence-corrected chi connectivity index (χ1v) is 0.500. The van der Waals surface area contributed by atoms with Crippen molar-refractivity contribution in [1.29, 1.82) is 0 Å². The van der Waals surface area contributed by atoms with Crippen LogP contribution in [-0.2, 0) is 0 Å². The average Bonchev–Trinajstić information content (AvgIpc) is 1.00. The molecule has 0 bridgehead atoms. The molecule has 0 aliphatic carbocycles. The number of hydrogen-bond acceptors (Lipinski definition) is 2. The fourth-order valence-corrected chi connectivity index (χ4v) is 0. The molecule has 0 spiro atoms. The van der Waals surface area contributed by atoms with E-state index in [1.165, 1.54) is 0 Å². The van der Waals surface area contributed by atoms with Gasteiger partial charge >= 0.3 is 51.4 Å². The van der Waals surface area contributed by atoms with Crippen LogP contribution in [0.5, 0.6) is 0 Å². The Morgan fingerprint density at radius 1 is 0.800 bits per heavy atom. The molecule has 0 saturated carbocycles. The Labute approximate surface area is 75.6 Å². The predicted molar refractivity (Wildman–Crippen MR) is 28.4 cm³/mol. The first-order chi connectivity index (χ1) is 1.00. The topological polar surface area (TPSA) is 70.0 Å². The molecule has 0 atom stereocenters. The average molecular weight is 102 g/mol. The summed E-state index contributed by atoms with van der Waals surface area (Å²) in [6.07, 6.45) is 0. The Morgan fingerprint density at radius 2 is 0.800 bits per heavy atom. The van der Waals surface area contributed by atoms with Gasteiger partial charge in [-0.1, -0.05) is 0 Å². The monoisotopic (exact) mass is 102 g/mol. The van der Waals surface area contributed by atoms with E-state index in [1.807, 2.05) is 0 Å². The van der Waals surface area contributed by atoms with Crippen LogP contribution in [0.15, 0.2) is 13.2 Å². The molecule has 0 amide bonds. The molecule has 0 aromatic rings. The van der Waals surface area contributed by atoms with Gasteiger partial charge in [-0.15, -0.1) is 13.2 Å². The maximum atomic E-state index is 3.00. The molecule has 0 aromatic carbocycles. The van der Waals surface area contributed by atoms with Gasteiger partial charge in [-0.3, -0.25) is 0 Å². The van der Waals surface area contributed by atoms with E-state index in [4.69, 9.17) is 0 Å². The summed E-state index contributed by atoms with van der Waals surface area (Å²) in [5.41, 5.74) is 0. The second-order valence-electron chi connectivity index (χ2n) is 0. The normalized spacial score (nSPS) is 0.800. The van der Waals surface area contributed by atoms with E-state index >= 15 is 0 Å². The maximum absolute atomic E-state index is 3.00. The summed E-state index contributed by atoms with van der Waals surface area (Å²) in [6.45, 7) is 6.00. The van der Waals surface area contributed by atoms with E-state index < -0.39 is 0 Å². The zero-order valence-corrected chi connectivity index (χ0v) is 2.83. The summed E-state index contributed by atoms with van der Waals surface area (Å²) >= 11 is 0. The molecule has 6 N–H and O–H groups in total. The molecule has 0 fully saturated rings. The molecule has 30 valence electrons. The van der Waals surface area contributed by atoms with E-state index in [0.717, 1.165) is 0 Å². The van der Waals surface area contributed by atoms with Crippen LogP contribution in [0, 0.1) is 0 Å². The van der Waals surface area contributed by atoms with Crippen molar-refractivity contribution in [2.24, 2.45) is 0 Å². The van der Waals surface area contributed by atoms with Gasteiger partial charge in [0, 0.05) is 0 Å². The molecule has 0 rings (SSSR count). The fraction of sp³-hybridized carbons (Fsp3) is 0. The molecule has 3 heteroatoms. The summed E-state index contributed by atoms with van der Waals surface area (Å²) in [7, 11) is 0. The van der Waals surface area contributed by atoms with Gasteiger partial charge in [0.25, 0.3) is 0 Å². The van der Waals surface area contributed by atoms with E-state index in [0.29, 0.717) is 0 Å². The summed E-state index contributed by atoms with van der Waals surface area (Å²) in [6, 6.07) is 0. The van der Waals surface area contributed by atoms with Gasteiger partial charge in [-0.05, 0) is 0 Å². The van der Waals surface area contributed by atoms with Crippen LogP contribution in [0.1, 0.15) is 0 Å². The summed E-state index contributed by atoms with van der Waals surface area (Å²) in [4.78, 5) is 0. The summed E-state index contributed by atoms with van der Waals surface area (Å²) in [5.74, 6) is 0. The zero-order chi connectivity index (χ0) is 2.00. The van der Waals surface area contributed by atoms with Gasteiger partial charge in [0.2, 0.25) is 0 Å². The fourth-order valence-electron chi connectivity index (χ4n) is 0. The quantitative estimate of drug-likeness (QED) is 0.345. The van der Waals surface area contributed by atoms with Crippen molar-refractivity contribution in [2.75, 3.05) is 0 Å². The third-order valence-electron chi connectivity index (χ3n) is 0. The second-order valence-corrected chi connectivity index (χ2v) is 0. The molecule has 0 aromatic heterocycles. The third-order valence-corrected chi connectivity index (χ3v) is 0. The molecule has 0 saturated heterocycles. The first-order valence-electron chi connectivity index (χ1n) is 0.500. The molecule has 0 aliphatic heterocycles. The van der Waals surface area contributed by atoms with E-state index in [1.54, 1.807) is 0 Å². The van der Waals surface area contributed by atoms with Gasteiger partial charge in [0.1, 0.15) is 0 Å². The minimum atomic E-state index is 0. The zero-order valence-electron chi connectivity index (χ0n) is 2.83. The van der Waals surface area contributed by atoms with Crippen LogP contribution in [0.2, 0.25) is 0 Å². The van der Waals surface area contributed by atoms with Crippen LogP contribution in [-0.4, -0.2) is 51.4 Å². The molecule has 0 heterocycles. The first kappa shape index (κ1) is 33.5. The van der Waals surface area contributed by atoms with Gasteiger partial charge in [0.05, 0.1) is 0 Å². The Bertz CT molecular complexity index is 7.61. The number of rotatable bonds is 0. The summed E-state index contributed by atoms with van der Waals surface area (Å²) < 4.78 is 0. The van der Waals surface area contributed by atoms with Crippen LogP contribution in [0.3, 0.4) is 0 Å². The Hall–Kier alpha value is 1.30. The SMILES string of the molecule is C=C.N.N.[KH]. The van der Waals surface area contributed by atoms with Crippen LogP contribution >= 0.6 is 0 Å². The van der Waals surface area contributed by atoms with Crippen molar-refractivity contribution < 1.29 is 0 Å². The van der Waals surface area contributed by atoms with E-state index in [2.05, 4.69) is 13.2 Å². The van der Waals surface area contributed by atoms with Gasteiger partial charge in [-0.25, -0.2) is 0 Å². The summed E-state index contributed by atoms with van der Waals surface area (Å²) in [5, 5.41) is 0. The van der Waals surface area contributed by atoms with E-state index in [-0.39, 0.29) is 63.7 Å². The molecule has 5 heavy (non-hydrogen) atoms. The van der Waals surface area contributed by atoms with E-state index in [9.17, 15) is 0 Å². The predicted octanol–water partition coefficient (Wildman–Crippen LogP) is 0.478. The number of hydrogen-bond donors (Lipinski definition) is 2. The molecular weight excluding hydrogens is 91.1 g/mol. The van der Waals surface area contributed by atoms with Crippen molar-refractivity contribution >= 4 is 51.4 Å². The van der Waals surface area contributed by atoms with Gasteiger partial charge < -0.3 is 12.3 Å². The van der Waals surface area contributed by atoms with Crippen molar-refractivity contribution in [3.63, 3.8) is 0 Å². The van der Waals surface area contributed by atoms with Crippen LogP contribution in [0.25, 0.3) is 0 Å². The molecule has 0 radical (unpaired) electrons. The Morgan fingerprint density at radius 3 is 0.800 bits per heavy atom. The van der Waals surface area contributed by atoms with Crippen LogP contribution < -0.4 is 12.3 Å². The van der Waals surface area contributed by atoms with Crippen molar-refractivity contribution in [3.05, 3.63) is 13.2 Å². The van der Waals surface area contributed by atoms with Crippen LogP contribution in [0.4, 0.5) is 0 Å². The molecule has 0 aliphatic rings. The van der Waals surface area contributed by atoms with Gasteiger partial charge in [-0.2, -0.15) is 0 Å². The minimum absolute atomic E-state index is 0. The standard InChI is InChI=1S/C2H4.K.2H3N.H/c1-2;;;;/h1-2H2;;2*1H3;. The molecule has 0 unspecified atom stereocenters. The third kappa shape index (κ3) is 34.2. The Balaban J connectivity index is -0.00000000167. The van der Waals surface area contributed by atoms with Crippen molar-refractivity contribution in [2.45, 2.75) is 0 Å². The molecular formula is C2H11KN2. The Kier molecular flexibility index (Phi) is 390.